The monoisotopic (exact) mass is 198 g/mol. The third kappa shape index (κ3) is 3.47. The molecule has 1 heterocycles. The molecule has 1 unspecified atom stereocenters. The fourth-order valence-corrected chi connectivity index (χ4v) is 1.57. The number of hydrogen-bond donors (Lipinski definition) is 2. The topological polar surface area (TPSA) is 52.6 Å². The minimum Gasteiger partial charge on any atom is -0.478 e. The Morgan fingerprint density at radius 2 is 2.43 bits per heavy atom. The lowest BCUT2D eigenvalue weighted by Crippen LogP contribution is -2.31. The van der Waals surface area contributed by atoms with Crippen molar-refractivity contribution in [2.24, 2.45) is 0 Å². The molecule has 0 spiro atoms. The maximum Gasteiger partial charge on any atom is 0.330 e. The molecule has 80 valence electrons. The Hall–Kier alpha value is -0.870. The quantitative estimate of drug-likeness (QED) is 0.638. The van der Waals surface area contributed by atoms with Gasteiger partial charge in [0.25, 0.3) is 0 Å². The van der Waals surface area contributed by atoms with Crippen LogP contribution in [0.5, 0.6) is 0 Å². The number of aliphatic carboxylic acids is 1. The first-order valence-electron chi connectivity index (χ1n) is 4.91. The smallest absolute Gasteiger partial charge is 0.330 e. The van der Waals surface area contributed by atoms with Gasteiger partial charge in [0.05, 0.1) is 0 Å². The van der Waals surface area contributed by atoms with E-state index in [1.807, 2.05) is 0 Å². The fourth-order valence-electron chi connectivity index (χ4n) is 1.57. The molecule has 0 amide bonds. The van der Waals surface area contributed by atoms with Crippen LogP contribution in [0.2, 0.25) is 0 Å². The molecule has 0 bridgehead atoms. The molecule has 0 radical (unpaired) electrons. The van der Waals surface area contributed by atoms with Gasteiger partial charge in [-0.25, -0.2) is 4.79 Å². The minimum atomic E-state index is -0.838. The van der Waals surface area contributed by atoms with E-state index in [4.69, 9.17) is 5.11 Å². The Labute approximate surface area is 84.6 Å². The molecule has 0 saturated carbocycles. The van der Waals surface area contributed by atoms with E-state index >= 15 is 0 Å². The summed E-state index contributed by atoms with van der Waals surface area (Å²) in [6.07, 6.45) is 2.87. The van der Waals surface area contributed by atoms with Gasteiger partial charge in [-0.05, 0) is 26.9 Å². The summed E-state index contributed by atoms with van der Waals surface area (Å²) in [5.41, 5.74) is 0.406. The maximum atomic E-state index is 10.5. The molecule has 1 aliphatic heterocycles. The minimum absolute atomic E-state index is 0.406. The number of carbonyl (C=O) groups is 1. The summed E-state index contributed by atoms with van der Waals surface area (Å²) in [6.45, 7) is 4.45. The van der Waals surface area contributed by atoms with Crippen molar-refractivity contribution in [3.63, 3.8) is 0 Å². The highest BCUT2D eigenvalue weighted by Crippen LogP contribution is 2.05. The molecular formula is C10H18N2O2. The summed E-state index contributed by atoms with van der Waals surface area (Å²) in [7, 11) is 2.10. The second-order valence-corrected chi connectivity index (χ2v) is 3.85. The molecule has 14 heavy (non-hydrogen) atoms. The molecule has 1 atom stereocenters. The Morgan fingerprint density at radius 3 is 2.93 bits per heavy atom. The van der Waals surface area contributed by atoms with Gasteiger partial charge in [-0.3, -0.25) is 0 Å². The summed E-state index contributed by atoms with van der Waals surface area (Å²) < 4.78 is 0. The highest BCUT2D eigenvalue weighted by atomic mass is 16.4. The lowest BCUT2D eigenvalue weighted by atomic mass is 10.2. The van der Waals surface area contributed by atoms with Crippen LogP contribution >= 0.6 is 0 Å². The van der Waals surface area contributed by atoms with E-state index < -0.39 is 5.97 Å². The molecule has 1 fully saturated rings. The van der Waals surface area contributed by atoms with Crippen LogP contribution in [0.4, 0.5) is 0 Å². The van der Waals surface area contributed by atoms with Gasteiger partial charge in [0, 0.05) is 24.7 Å². The van der Waals surface area contributed by atoms with E-state index in [-0.39, 0.29) is 0 Å². The average Bonchev–Trinajstić information content (AvgIpc) is 2.51. The predicted octanol–water partition coefficient (Wildman–Crippen LogP) is 0.311. The second kappa shape index (κ2) is 5.12. The maximum absolute atomic E-state index is 10.5. The zero-order valence-electron chi connectivity index (χ0n) is 8.79. The SMILES string of the molecule is C/C(=C/CNC1CCN(C)C1)C(=O)O. The Bertz CT molecular complexity index is 238. The number of likely N-dealkylation sites (N-methyl/N-ethyl adjacent to an activating group) is 1. The number of nitrogens with zero attached hydrogens (tertiary/aromatic N) is 1. The number of likely N-dealkylation sites (tertiary alicyclic amines) is 1. The highest BCUT2D eigenvalue weighted by Gasteiger charge is 2.17. The van der Waals surface area contributed by atoms with Crippen molar-refractivity contribution < 1.29 is 9.90 Å². The highest BCUT2D eigenvalue weighted by molar-refractivity contribution is 5.85. The summed E-state index contributed by atoms with van der Waals surface area (Å²) in [5.74, 6) is -0.838. The summed E-state index contributed by atoms with van der Waals surface area (Å²) >= 11 is 0. The Balaban J connectivity index is 2.21. The zero-order valence-corrected chi connectivity index (χ0v) is 8.79. The standard InChI is InChI=1S/C10H18N2O2/c1-8(10(13)14)3-5-11-9-4-6-12(2)7-9/h3,9,11H,4-7H2,1-2H3,(H,13,14)/b8-3-. The zero-order chi connectivity index (χ0) is 10.6. The predicted molar refractivity (Wildman–Crippen MR) is 55.3 cm³/mol. The van der Waals surface area contributed by atoms with E-state index in [0.717, 1.165) is 19.5 Å². The number of nitrogens with one attached hydrogen (secondary N) is 1. The largest absolute Gasteiger partial charge is 0.478 e. The van der Waals surface area contributed by atoms with E-state index in [1.165, 1.54) is 0 Å². The van der Waals surface area contributed by atoms with Gasteiger partial charge in [0.15, 0.2) is 0 Å². The van der Waals surface area contributed by atoms with Crippen molar-refractivity contribution in [3.8, 4) is 0 Å². The van der Waals surface area contributed by atoms with Crippen molar-refractivity contribution in [1.82, 2.24) is 10.2 Å². The van der Waals surface area contributed by atoms with Crippen molar-refractivity contribution in [2.75, 3.05) is 26.7 Å². The van der Waals surface area contributed by atoms with Gasteiger partial charge in [0.1, 0.15) is 0 Å². The van der Waals surface area contributed by atoms with Crippen LogP contribution in [-0.2, 0) is 4.79 Å². The first-order chi connectivity index (χ1) is 6.59. The summed E-state index contributed by atoms with van der Waals surface area (Å²) in [6, 6.07) is 0.512. The molecule has 1 aliphatic rings. The van der Waals surface area contributed by atoms with E-state index in [2.05, 4.69) is 17.3 Å². The molecule has 0 aliphatic carbocycles. The fraction of sp³-hybridized carbons (Fsp3) is 0.700. The molecule has 0 aromatic heterocycles. The van der Waals surface area contributed by atoms with E-state index in [0.29, 0.717) is 18.2 Å². The van der Waals surface area contributed by atoms with Crippen LogP contribution in [0, 0.1) is 0 Å². The van der Waals surface area contributed by atoms with Gasteiger partial charge < -0.3 is 15.3 Å². The third-order valence-corrected chi connectivity index (χ3v) is 2.54. The average molecular weight is 198 g/mol. The van der Waals surface area contributed by atoms with Crippen LogP contribution in [0.15, 0.2) is 11.6 Å². The second-order valence-electron chi connectivity index (χ2n) is 3.85. The summed E-state index contributed by atoms with van der Waals surface area (Å²) in [4.78, 5) is 12.7. The van der Waals surface area contributed by atoms with Crippen molar-refractivity contribution in [3.05, 3.63) is 11.6 Å². The molecule has 1 rings (SSSR count). The van der Waals surface area contributed by atoms with Gasteiger partial charge in [-0.15, -0.1) is 0 Å². The van der Waals surface area contributed by atoms with Gasteiger partial charge in [-0.1, -0.05) is 6.08 Å². The van der Waals surface area contributed by atoms with Crippen LogP contribution in [-0.4, -0.2) is 48.7 Å². The third-order valence-electron chi connectivity index (χ3n) is 2.54. The van der Waals surface area contributed by atoms with Crippen LogP contribution in [0.3, 0.4) is 0 Å². The number of rotatable bonds is 4. The molecule has 4 nitrogen and oxygen atoms in total. The van der Waals surface area contributed by atoms with Crippen molar-refractivity contribution in [1.29, 1.82) is 0 Å². The van der Waals surface area contributed by atoms with Gasteiger partial charge >= 0.3 is 5.97 Å². The Kier molecular flexibility index (Phi) is 4.10. The first-order valence-corrected chi connectivity index (χ1v) is 4.91. The molecule has 1 saturated heterocycles. The van der Waals surface area contributed by atoms with Crippen LogP contribution in [0.25, 0.3) is 0 Å². The molecule has 0 aromatic rings. The Morgan fingerprint density at radius 1 is 1.71 bits per heavy atom. The van der Waals surface area contributed by atoms with Crippen molar-refractivity contribution >= 4 is 5.97 Å². The van der Waals surface area contributed by atoms with Gasteiger partial charge in [-0.2, -0.15) is 0 Å². The molecule has 4 heteroatoms. The van der Waals surface area contributed by atoms with Crippen LogP contribution in [0.1, 0.15) is 13.3 Å². The summed E-state index contributed by atoms with van der Waals surface area (Å²) in [5, 5.41) is 11.9. The van der Waals surface area contributed by atoms with Crippen LogP contribution < -0.4 is 5.32 Å². The first kappa shape index (κ1) is 11.2. The molecule has 0 aromatic carbocycles. The normalized spacial score (nSPS) is 24.1. The lowest BCUT2D eigenvalue weighted by molar-refractivity contribution is -0.132. The van der Waals surface area contributed by atoms with Gasteiger partial charge in [0.2, 0.25) is 0 Å². The molecule has 2 N–H and O–H groups in total. The number of carboxylic acids is 1. The van der Waals surface area contributed by atoms with E-state index in [9.17, 15) is 4.79 Å². The van der Waals surface area contributed by atoms with Crippen molar-refractivity contribution in [2.45, 2.75) is 19.4 Å². The van der Waals surface area contributed by atoms with E-state index in [1.54, 1.807) is 13.0 Å². The number of hydrogen-bond acceptors (Lipinski definition) is 3. The molecular weight excluding hydrogens is 180 g/mol. The lowest BCUT2D eigenvalue weighted by Gasteiger charge is -2.10. The number of carboxylic acid groups (broad SMARTS) is 1.